The van der Waals surface area contributed by atoms with Gasteiger partial charge in [0, 0.05) is 25.5 Å². The smallest absolute Gasteiger partial charge is 0.320 e. The zero-order chi connectivity index (χ0) is 19.4. The number of hydrogen-bond donors (Lipinski definition) is 2. The molecule has 2 amide bonds. The molecule has 0 spiro atoms. The molecular weight excluding hydrogens is 354 g/mol. The molecule has 0 aliphatic rings. The molecule has 3 aromatic rings. The maximum Gasteiger partial charge on any atom is 0.320 e. The number of rotatable bonds is 5. The van der Waals surface area contributed by atoms with E-state index in [0.29, 0.717) is 17.6 Å². The number of nitrogens with zero attached hydrogens (tertiary/aromatic N) is 2. The summed E-state index contributed by atoms with van der Waals surface area (Å²) in [5.74, 6) is -0.378. The number of amides is 2. The van der Waals surface area contributed by atoms with E-state index in [1.807, 2.05) is 6.07 Å². The molecule has 0 saturated carbocycles. The van der Waals surface area contributed by atoms with Crippen LogP contribution in [0.25, 0.3) is 0 Å². The van der Waals surface area contributed by atoms with E-state index in [9.17, 15) is 13.6 Å². The SMILES string of the molecule is COc1cccc(C(NC(=O)Nc2ccc(F)cc2F)c2nccn2C)c1. The second-order valence-electron chi connectivity index (χ2n) is 5.83. The number of ether oxygens (including phenoxy) is 1. The van der Waals surface area contributed by atoms with Gasteiger partial charge in [0.05, 0.1) is 12.8 Å². The van der Waals surface area contributed by atoms with E-state index in [-0.39, 0.29) is 5.69 Å². The standard InChI is InChI=1S/C19H18F2N4O2/c1-25-9-8-22-18(25)17(12-4-3-5-14(10-12)27-2)24-19(26)23-16-7-6-13(20)11-15(16)21/h3-11,17H,1-2H3,(H2,23,24,26). The van der Waals surface area contributed by atoms with Crippen molar-refractivity contribution in [3.63, 3.8) is 0 Å². The number of anilines is 1. The van der Waals surface area contributed by atoms with Crippen LogP contribution in [0.3, 0.4) is 0 Å². The maximum absolute atomic E-state index is 13.8. The fraction of sp³-hybridized carbons (Fsp3) is 0.158. The van der Waals surface area contributed by atoms with E-state index in [2.05, 4.69) is 15.6 Å². The lowest BCUT2D eigenvalue weighted by molar-refractivity contribution is 0.249. The van der Waals surface area contributed by atoms with Crippen molar-refractivity contribution in [1.29, 1.82) is 0 Å². The third kappa shape index (κ3) is 4.22. The molecule has 8 heteroatoms. The summed E-state index contributed by atoms with van der Waals surface area (Å²) < 4.78 is 33.8. The van der Waals surface area contributed by atoms with Gasteiger partial charge in [0.1, 0.15) is 29.3 Å². The fourth-order valence-corrected chi connectivity index (χ4v) is 2.65. The number of halogens is 2. The number of hydrogen-bond acceptors (Lipinski definition) is 3. The quantitative estimate of drug-likeness (QED) is 0.719. The van der Waals surface area contributed by atoms with Crippen LogP contribution in [0.4, 0.5) is 19.3 Å². The van der Waals surface area contributed by atoms with E-state index in [1.165, 1.54) is 0 Å². The van der Waals surface area contributed by atoms with Crippen LogP contribution in [0.15, 0.2) is 54.9 Å². The molecule has 2 N–H and O–H groups in total. The van der Waals surface area contributed by atoms with Crippen molar-refractivity contribution in [2.45, 2.75) is 6.04 Å². The van der Waals surface area contributed by atoms with Crippen molar-refractivity contribution in [3.8, 4) is 5.75 Å². The summed E-state index contributed by atoms with van der Waals surface area (Å²) >= 11 is 0. The minimum Gasteiger partial charge on any atom is -0.497 e. The number of methoxy groups -OCH3 is 1. The molecular formula is C19H18F2N4O2. The van der Waals surface area contributed by atoms with Gasteiger partial charge in [-0.25, -0.2) is 18.6 Å². The molecule has 1 heterocycles. The Morgan fingerprint density at radius 1 is 1.22 bits per heavy atom. The van der Waals surface area contributed by atoms with Crippen LogP contribution in [-0.4, -0.2) is 22.7 Å². The van der Waals surface area contributed by atoms with Gasteiger partial charge in [-0.3, -0.25) is 0 Å². The summed E-state index contributed by atoms with van der Waals surface area (Å²) in [5, 5.41) is 5.16. The molecule has 0 fully saturated rings. The Bertz CT molecular complexity index is 958. The number of aryl methyl sites for hydroxylation is 1. The third-order valence-electron chi connectivity index (χ3n) is 4.00. The minimum absolute atomic E-state index is 0.127. The highest BCUT2D eigenvalue weighted by Gasteiger charge is 2.22. The van der Waals surface area contributed by atoms with Crippen LogP contribution in [0.1, 0.15) is 17.4 Å². The summed E-state index contributed by atoms with van der Waals surface area (Å²) in [4.78, 5) is 16.7. The number of aromatic nitrogens is 2. The van der Waals surface area contributed by atoms with Crippen molar-refractivity contribution in [1.82, 2.24) is 14.9 Å². The van der Waals surface area contributed by atoms with Crippen molar-refractivity contribution in [2.24, 2.45) is 7.05 Å². The summed E-state index contributed by atoms with van der Waals surface area (Å²) in [6.45, 7) is 0. The van der Waals surface area contributed by atoms with Crippen molar-refractivity contribution < 1.29 is 18.3 Å². The van der Waals surface area contributed by atoms with Crippen LogP contribution >= 0.6 is 0 Å². The Morgan fingerprint density at radius 3 is 2.70 bits per heavy atom. The Labute approximate surface area is 154 Å². The van der Waals surface area contributed by atoms with Crippen LogP contribution in [0.2, 0.25) is 0 Å². The second kappa shape index (κ2) is 7.86. The number of benzene rings is 2. The van der Waals surface area contributed by atoms with Crippen LogP contribution in [0.5, 0.6) is 5.75 Å². The first kappa shape index (κ1) is 18.4. The zero-order valence-electron chi connectivity index (χ0n) is 14.7. The Morgan fingerprint density at radius 2 is 2.04 bits per heavy atom. The first-order valence-electron chi connectivity index (χ1n) is 8.11. The molecule has 1 atom stereocenters. The van der Waals surface area contributed by atoms with Gasteiger partial charge in [0.15, 0.2) is 0 Å². The highest BCUT2D eigenvalue weighted by atomic mass is 19.1. The molecule has 1 aromatic heterocycles. The summed E-state index contributed by atoms with van der Waals surface area (Å²) in [7, 11) is 3.35. The molecule has 0 bridgehead atoms. The molecule has 1 unspecified atom stereocenters. The van der Waals surface area contributed by atoms with Gasteiger partial charge in [0.2, 0.25) is 0 Å². The van der Waals surface area contributed by atoms with E-state index < -0.39 is 23.7 Å². The van der Waals surface area contributed by atoms with Gasteiger partial charge in [-0.1, -0.05) is 12.1 Å². The van der Waals surface area contributed by atoms with E-state index >= 15 is 0 Å². The van der Waals surface area contributed by atoms with Crippen LogP contribution in [-0.2, 0) is 7.05 Å². The monoisotopic (exact) mass is 372 g/mol. The second-order valence-corrected chi connectivity index (χ2v) is 5.83. The van der Waals surface area contributed by atoms with Gasteiger partial charge in [-0.2, -0.15) is 0 Å². The lowest BCUT2D eigenvalue weighted by atomic mass is 10.1. The van der Waals surface area contributed by atoms with E-state index in [4.69, 9.17) is 4.74 Å². The fourth-order valence-electron chi connectivity index (χ4n) is 2.65. The van der Waals surface area contributed by atoms with Gasteiger partial charge >= 0.3 is 6.03 Å². The van der Waals surface area contributed by atoms with Crippen LogP contribution in [0, 0.1) is 11.6 Å². The lowest BCUT2D eigenvalue weighted by Crippen LogP contribution is -2.34. The number of imidazole rings is 1. The third-order valence-corrected chi connectivity index (χ3v) is 4.00. The first-order chi connectivity index (χ1) is 13.0. The lowest BCUT2D eigenvalue weighted by Gasteiger charge is -2.20. The topological polar surface area (TPSA) is 68.2 Å². The largest absolute Gasteiger partial charge is 0.497 e. The minimum atomic E-state index is -0.861. The normalized spacial score (nSPS) is 11.7. The molecule has 3 rings (SSSR count). The highest BCUT2D eigenvalue weighted by molar-refractivity contribution is 5.89. The molecule has 2 aromatic carbocycles. The van der Waals surface area contributed by atoms with Crippen molar-refractivity contribution >= 4 is 11.7 Å². The van der Waals surface area contributed by atoms with E-state index in [1.54, 1.807) is 49.3 Å². The molecule has 27 heavy (non-hydrogen) atoms. The van der Waals surface area contributed by atoms with Crippen molar-refractivity contribution in [3.05, 3.63) is 77.9 Å². The summed E-state index contributed by atoms with van der Waals surface area (Å²) in [6.07, 6.45) is 3.36. The number of carbonyl (C=O) groups is 1. The summed E-state index contributed by atoms with van der Waals surface area (Å²) in [5.41, 5.74) is 0.608. The highest BCUT2D eigenvalue weighted by Crippen LogP contribution is 2.24. The molecule has 0 saturated heterocycles. The van der Waals surface area contributed by atoms with Gasteiger partial charge in [-0.05, 0) is 29.8 Å². The number of urea groups is 1. The van der Waals surface area contributed by atoms with Gasteiger partial charge in [0.25, 0.3) is 0 Å². The van der Waals surface area contributed by atoms with Crippen LogP contribution < -0.4 is 15.4 Å². The molecule has 140 valence electrons. The Hall–Kier alpha value is -3.42. The average molecular weight is 372 g/mol. The molecule has 0 radical (unpaired) electrons. The number of carbonyl (C=O) groups excluding carboxylic acids is 1. The number of nitrogens with one attached hydrogen (secondary N) is 2. The average Bonchev–Trinajstić information content (AvgIpc) is 3.08. The van der Waals surface area contributed by atoms with Gasteiger partial charge < -0.3 is 19.9 Å². The Kier molecular flexibility index (Phi) is 5.35. The Balaban J connectivity index is 1.87. The first-order valence-corrected chi connectivity index (χ1v) is 8.11. The van der Waals surface area contributed by atoms with Crippen molar-refractivity contribution in [2.75, 3.05) is 12.4 Å². The molecule has 0 aliphatic heterocycles. The maximum atomic E-state index is 13.8. The molecule has 0 aliphatic carbocycles. The summed E-state index contributed by atoms with van der Waals surface area (Å²) in [6, 6.07) is 8.84. The van der Waals surface area contributed by atoms with E-state index in [0.717, 1.165) is 17.7 Å². The predicted molar refractivity (Wildman–Crippen MR) is 96.6 cm³/mol. The predicted octanol–water partition coefficient (Wildman–Crippen LogP) is 3.62. The molecule has 6 nitrogen and oxygen atoms in total. The van der Waals surface area contributed by atoms with Gasteiger partial charge in [-0.15, -0.1) is 0 Å². The zero-order valence-corrected chi connectivity index (χ0v) is 14.7.